The van der Waals surface area contributed by atoms with Gasteiger partial charge in [0.05, 0.1) is 0 Å². The van der Waals surface area contributed by atoms with E-state index in [0.717, 1.165) is 27.8 Å². The molecule has 0 fully saturated rings. The van der Waals surface area contributed by atoms with Gasteiger partial charge in [-0.05, 0) is 0 Å². The standard InChI is InChI=1S/C14H10ClN4.3C4H9.Sn/c1-9-8-12(10-2-4-11(15)5-3-10)19-14(18-9)13-16-6-7-17-13;3*1-3-4-2;/h2-6,8H,1H3,(H,16,17);3*1,3-4H2,2H3;. The zero-order valence-electron chi connectivity index (χ0n) is 20.0. The molecule has 0 aliphatic rings. The minimum absolute atomic E-state index is 0.683. The van der Waals surface area contributed by atoms with Crippen molar-refractivity contribution in [3.8, 4) is 22.9 Å². The average Bonchev–Trinajstić information content (AvgIpc) is 3.30. The van der Waals surface area contributed by atoms with Crippen LogP contribution >= 0.6 is 11.6 Å². The first-order valence-electron chi connectivity index (χ1n) is 12.2. The molecule has 0 aliphatic heterocycles. The summed E-state index contributed by atoms with van der Waals surface area (Å²) in [6.07, 6.45) is 9.98. The maximum absolute atomic E-state index is 6.07. The molecular weight excluding hydrogens is 522 g/mol. The Morgan fingerprint density at radius 2 is 1.44 bits per heavy atom. The van der Waals surface area contributed by atoms with Gasteiger partial charge in [-0.25, -0.2) is 0 Å². The van der Waals surface area contributed by atoms with Crippen LogP contribution in [0, 0.1) is 6.92 Å². The predicted octanol–water partition coefficient (Wildman–Crippen LogP) is 7.55. The van der Waals surface area contributed by atoms with Crippen LogP contribution in [-0.2, 0) is 0 Å². The van der Waals surface area contributed by atoms with Gasteiger partial charge in [-0.1, -0.05) is 0 Å². The van der Waals surface area contributed by atoms with Crippen LogP contribution in [0.3, 0.4) is 0 Å². The summed E-state index contributed by atoms with van der Waals surface area (Å²) in [5, 5.41) is 0.727. The van der Waals surface area contributed by atoms with Gasteiger partial charge >= 0.3 is 203 Å². The first-order valence-corrected chi connectivity index (χ1v) is 20.0. The Morgan fingerprint density at radius 1 is 0.844 bits per heavy atom. The van der Waals surface area contributed by atoms with Gasteiger partial charge in [0, 0.05) is 0 Å². The van der Waals surface area contributed by atoms with Gasteiger partial charge < -0.3 is 0 Å². The molecule has 0 spiro atoms. The van der Waals surface area contributed by atoms with Gasteiger partial charge in [-0.15, -0.1) is 0 Å². The molecule has 0 saturated carbocycles. The fraction of sp³-hybridized carbons (Fsp3) is 0.500. The van der Waals surface area contributed by atoms with Crippen LogP contribution in [0.2, 0.25) is 18.3 Å². The number of H-pyrrole nitrogens is 1. The molecule has 0 aliphatic carbocycles. The van der Waals surface area contributed by atoms with Gasteiger partial charge in [0.25, 0.3) is 0 Å². The third-order valence-electron chi connectivity index (χ3n) is 6.35. The summed E-state index contributed by atoms with van der Waals surface area (Å²) in [6.45, 7) is 8.95. The summed E-state index contributed by atoms with van der Waals surface area (Å²) in [5.41, 5.74) is 2.88. The van der Waals surface area contributed by atoms with Crippen molar-refractivity contribution in [1.29, 1.82) is 0 Å². The average molecular weight is 560 g/mol. The Hall–Kier alpha value is -1.40. The number of nitrogens with zero attached hydrogens (tertiary/aromatic N) is 3. The Kier molecular flexibility index (Phi) is 9.59. The SMILES string of the molecule is CCC[CH2][Sn]([CH2]CCC)([CH2]CCC)[c]1c[nH]c(-c2nc(C)cc(-c3ccc(Cl)cc3)n2)n1. The van der Waals surface area contributed by atoms with Crippen LogP contribution in [0.1, 0.15) is 65.0 Å². The normalized spacial score (nSPS) is 11.8. The number of nitrogens with one attached hydrogen (secondary N) is 1. The number of unbranched alkanes of at least 4 members (excludes halogenated alkanes) is 3. The molecule has 0 saturated heterocycles. The zero-order chi connectivity index (χ0) is 23.0. The number of aromatic amines is 1. The summed E-state index contributed by atoms with van der Waals surface area (Å²) in [7, 11) is 0. The second-order valence-corrected chi connectivity index (χ2v) is 22.4. The summed E-state index contributed by atoms with van der Waals surface area (Å²) in [4.78, 5) is 18.2. The summed E-state index contributed by atoms with van der Waals surface area (Å²) in [6, 6.07) is 9.82. The quantitative estimate of drug-likeness (QED) is 0.233. The van der Waals surface area contributed by atoms with E-state index in [0.29, 0.717) is 5.82 Å². The number of benzene rings is 1. The Morgan fingerprint density at radius 3 is 2.00 bits per heavy atom. The molecule has 1 N–H and O–H groups in total. The van der Waals surface area contributed by atoms with Crippen LogP contribution < -0.4 is 3.71 Å². The van der Waals surface area contributed by atoms with E-state index in [1.165, 1.54) is 55.5 Å². The van der Waals surface area contributed by atoms with Crippen LogP contribution in [0.5, 0.6) is 0 Å². The van der Waals surface area contributed by atoms with E-state index in [1.54, 1.807) is 0 Å². The number of hydrogen-bond acceptors (Lipinski definition) is 3. The Labute approximate surface area is 202 Å². The molecular formula is C26H37ClN4Sn. The molecule has 3 rings (SSSR count). The van der Waals surface area contributed by atoms with E-state index < -0.39 is 18.4 Å². The molecule has 0 unspecified atom stereocenters. The monoisotopic (exact) mass is 560 g/mol. The van der Waals surface area contributed by atoms with Crippen molar-refractivity contribution in [3.63, 3.8) is 0 Å². The van der Waals surface area contributed by atoms with E-state index >= 15 is 0 Å². The van der Waals surface area contributed by atoms with E-state index in [4.69, 9.17) is 26.6 Å². The molecule has 0 amide bonds. The van der Waals surface area contributed by atoms with E-state index in [9.17, 15) is 0 Å². The molecule has 1 aromatic carbocycles. The number of aromatic nitrogens is 4. The van der Waals surface area contributed by atoms with Crippen molar-refractivity contribution in [1.82, 2.24) is 19.9 Å². The molecule has 0 radical (unpaired) electrons. The number of aryl methyl sites for hydroxylation is 1. The third kappa shape index (κ3) is 6.34. The zero-order valence-corrected chi connectivity index (χ0v) is 23.7. The van der Waals surface area contributed by atoms with Crippen LogP contribution in [-0.4, -0.2) is 38.3 Å². The topological polar surface area (TPSA) is 54.5 Å². The number of halogens is 1. The number of hydrogen-bond donors (Lipinski definition) is 1. The molecule has 2 heterocycles. The second kappa shape index (κ2) is 12.2. The van der Waals surface area contributed by atoms with Crippen molar-refractivity contribution in [2.45, 2.75) is 79.5 Å². The summed E-state index contributed by atoms with van der Waals surface area (Å²) < 4.78 is 5.60. The first kappa shape index (κ1) is 25.2. The van der Waals surface area contributed by atoms with Crippen molar-refractivity contribution in [2.75, 3.05) is 0 Å². The first-order chi connectivity index (χ1) is 15.5. The van der Waals surface area contributed by atoms with Gasteiger partial charge in [0.1, 0.15) is 0 Å². The van der Waals surface area contributed by atoms with E-state index in [1.807, 2.05) is 37.3 Å². The van der Waals surface area contributed by atoms with E-state index in [-0.39, 0.29) is 0 Å². The molecule has 0 bridgehead atoms. The van der Waals surface area contributed by atoms with Crippen LogP contribution in [0.4, 0.5) is 0 Å². The van der Waals surface area contributed by atoms with Gasteiger partial charge in [-0.2, -0.15) is 0 Å². The number of imidazole rings is 1. The fourth-order valence-electron chi connectivity index (χ4n) is 4.46. The van der Waals surface area contributed by atoms with Crippen molar-refractivity contribution < 1.29 is 0 Å². The molecule has 0 atom stereocenters. The maximum atomic E-state index is 6.07. The number of rotatable bonds is 12. The van der Waals surface area contributed by atoms with Crippen LogP contribution in [0.15, 0.2) is 36.5 Å². The Bertz CT molecular complexity index is 962. The molecule has 2 aromatic heterocycles. The molecule has 6 heteroatoms. The summed E-state index contributed by atoms with van der Waals surface area (Å²) in [5.74, 6) is 1.49. The van der Waals surface area contributed by atoms with Crippen molar-refractivity contribution >= 4 is 33.7 Å². The van der Waals surface area contributed by atoms with Gasteiger partial charge in [0.2, 0.25) is 0 Å². The van der Waals surface area contributed by atoms with Crippen LogP contribution in [0.25, 0.3) is 22.9 Å². The Balaban J connectivity index is 1.98. The van der Waals surface area contributed by atoms with Gasteiger partial charge in [0.15, 0.2) is 0 Å². The summed E-state index contributed by atoms with van der Waals surface area (Å²) >= 11 is 3.49. The minimum atomic E-state index is -2.58. The molecule has 4 nitrogen and oxygen atoms in total. The molecule has 32 heavy (non-hydrogen) atoms. The van der Waals surface area contributed by atoms with Crippen molar-refractivity contribution in [2.24, 2.45) is 0 Å². The third-order valence-corrected chi connectivity index (χ3v) is 21.7. The molecule has 172 valence electrons. The van der Waals surface area contributed by atoms with Crippen molar-refractivity contribution in [3.05, 3.63) is 47.2 Å². The van der Waals surface area contributed by atoms with E-state index in [2.05, 4.69) is 32.0 Å². The molecule has 3 aromatic rings. The fourth-order valence-corrected chi connectivity index (χ4v) is 19.8. The second-order valence-electron chi connectivity index (χ2n) is 8.95. The van der Waals surface area contributed by atoms with Gasteiger partial charge in [-0.3, -0.25) is 0 Å². The predicted molar refractivity (Wildman–Crippen MR) is 139 cm³/mol.